The Bertz CT molecular complexity index is 553. The Morgan fingerprint density at radius 3 is 1.95 bits per heavy atom. The van der Waals surface area contributed by atoms with Gasteiger partial charge in [-0.3, -0.25) is 19.3 Å². The highest BCUT2D eigenvalue weighted by atomic mass is 16.2. The van der Waals surface area contributed by atoms with E-state index in [1.807, 2.05) is 0 Å². The highest BCUT2D eigenvalue weighted by molar-refractivity contribution is 6.23. The van der Waals surface area contributed by atoms with Crippen molar-refractivity contribution >= 4 is 17.7 Å². The van der Waals surface area contributed by atoms with Crippen molar-refractivity contribution in [1.82, 2.24) is 4.90 Å². The summed E-state index contributed by atoms with van der Waals surface area (Å²) in [5.74, 6) is -1.39. The Labute approximate surface area is 110 Å². The van der Waals surface area contributed by atoms with Crippen molar-refractivity contribution in [2.24, 2.45) is 5.73 Å². The van der Waals surface area contributed by atoms with Crippen molar-refractivity contribution in [1.29, 1.82) is 0 Å². The minimum Gasteiger partial charge on any atom is -0.368 e. The number of fused-ring (bicyclic) bond motifs is 1. The maximum atomic E-state index is 12.4. The monoisotopic (exact) mass is 258 g/mol. The van der Waals surface area contributed by atoms with Crippen molar-refractivity contribution in [2.75, 3.05) is 0 Å². The summed E-state index contributed by atoms with van der Waals surface area (Å²) < 4.78 is 0. The van der Waals surface area contributed by atoms with Crippen LogP contribution in [-0.2, 0) is 4.79 Å². The van der Waals surface area contributed by atoms with E-state index >= 15 is 0 Å². The van der Waals surface area contributed by atoms with E-state index in [1.165, 1.54) is 0 Å². The van der Waals surface area contributed by atoms with Gasteiger partial charge in [0.05, 0.1) is 11.1 Å². The van der Waals surface area contributed by atoms with Gasteiger partial charge >= 0.3 is 0 Å². The molecule has 0 bridgehead atoms. The molecule has 1 fully saturated rings. The van der Waals surface area contributed by atoms with Gasteiger partial charge in [0.25, 0.3) is 11.8 Å². The van der Waals surface area contributed by atoms with E-state index in [-0.39, 0.29) is 0 Å². The number of rotatable bonds is 2. The summed E-state index contributed by atoms with van der Waals surface area (Å²) in [6, 6.07) is 6.64. The molecule has 1 aliphatic heterocycles. The first-order valence-corrected chi connectivity index (χ1v) is 6.36. The summed E-state index contributed by atoms with van der Waals surface area (Å²) in [4.78, 5) is 37.7. The van der Waals surface area contributed by atoms with Crippen molar-refractivity contribution in [3.63, 3.8) is 0 Å². The number of carbonyl (C=O) groups is 3. The van der Waals surface area contributed by atoms with E-state index in [2.05, 4.69) is 0 Å². The zero-order valence-corrected chi connectivity index (χ0v) is 10.4. The Kier molecular flexibility index (Phi) is 2.45. The number of amides is 3. The predicted octanol–water partition coefficient (Wildman–Crippen LogP) is 1.08. The van der Waals surface area contributed by atoms with Crippen LogP contribution in [0.2, 0.25) is 0 Å². The fourth-order valence-electron chi connectivity index (χ4n) is 3.12. The summed E-state index contributed by atoms with van der Waals surface area (Å²) in [6.45, 7) is 0. The fraction of sp³-hybridized carbons (Fsp3) is 0.357. The first-order chi connectivity index (χ1) is 9.08. The van der Waals surface area contributed by atoms with E-state index in [4.69, 9.17) is 5.73 Å². The molecule has 2 N–H and O–H groups in total. The lowest BCUT2D eigenvalue weighted by Gasteiger charge is -2.33. The van der Waals surface area contributed by atoms with Crippen LogP contribution in [0.5, 0.6) is 0 Å². The van der Waals surface area contributed by atoms with Gasteiger partial charge in [-0.15, -0.1) is 0 Å². The topological polar surface area (TPSA) is 80.5 Å². The maximum Gasteiger partial charge on any atom is 0.262 e. The number of primary amides is 1. The molecule has 0 radical (unpaired) electrons. The lowest BCUT2D eigenvalue weighted by Crippen LogP contribution is -2.58. The molecule has 2 aliphatic rings. The lowest BCUT2D eigenvalue weighted by atomic mass is 9.94. The summed E-state index contributed by atoms with van der Waals surface area (Å²) >= 11 is 0. The number of nitrogens with two attached hydrogens (primary N) is 1. The SMILES string of the molecule is NC(=O)C1(N2C(=O)c3ccccc3C2=O)CCCC1. The van der Waals surface area contributed by atoms with Gasteiger partial charge in [-0.1, -0.05) is 25.0 Å². The molecule has 1 aliphatic carbocycles. The van der Waals surface area contributed by atoms with Gasteiger partial charge in [-0.05, 0) is 25.0 Å². The average molecular weight is 258 g/mol. The summed E-state index contributed by atoms with van der Waals surface area (Å²) in [7, 11) is 0. The first kappa shape index (κ1) is 11.9. The van der Waals surface area contributed by atoms with Crippen LogP contribution in [0.1, 0.15) is 46.4 Å². The highest BCUT2D eigenvalue weighted by Crippen LogP contribution is 2.39. The first-order valence-electron chi connectivity index (χ1n) is 6.36. The van der Waals surface area contributed by atoms with Gasteiger partial charge in [0.15, 0.2) is 0 Å². The molecular formula is C14H14N2O3. The standard InChI is InChI=1S/C14H14N2O3/c15-13(19)14(7-3-4-8-14)16-11(17)9-5-1-2-6-10(9)12(16)18/h1-2,5-6H,3-4,7-8H2,(H2,15,19). The van der Waals surface area contributed by atoms with Crippen LogP contribution in [-0.4, -0.2) is 28.2 Å². The molecule has 0 saturated heterocycles. The van der Waals surface area contributed by atoms with Crippen LogP contribution in [0.25, 0.3) is 0 Å². The van der Waals surface area contributed by atoms with E-state index < -0.39 is 23.3 Å². The molecule has 3 amide bonds. The number of benzene rings is 1. The number of hydrogen-bond acceptors (Lipinski definition) is 3. The Hall–Kier alpha value is -2.17. The second-order valence-corrected chi connectivity index (χ2v) is 5.09. The number of nitrogens with zero attached hydrogens (tertiary/aromatic N) is 1. The molecule has 1 heterocycles. The molecular weight excluding hydrogens is 244 g/mol. The minimum absolute atomic E-state index is 0.361. The van der Waals surface area contributed by atoms with Crippen LogP contribution in [0, 0.1) is 0 Å². The molecule has 19 heavy (non-hydrogen) atoms. The average Bonchev–Trinajstić information content (AvgIpc) is 2.97. The molecule has 0 unspecified atom stereocenters. The second-order valence-electron chi connectivity index (χ2n) is 5.09. The van der Waals surface area contributed by atoms with Gasteiger partial charge in [0.2, 0.25) is 5.91 Å². The number of hydrogen-bond donors (Lipinski definition) is 1. The maximum absolute atomic E-state index is 12.4. The van der Waals surface area contributed by atoms with Gasteiger partial charge in [0.1, 0.15) is 5.54 Å². The molecule has 1 aromatic carbocycles. The highest BCUT2D eigenvalue weighted by Gasteiger charge is 2.53. The van der Waals surface area contributed by atoms with E-state index in [0.29, 0.717) is 24.0 Å². The van der Waals surface area contributed by atoms with Gasteiger partial charge < -0.3 is 5.73 Å². The van der Waals surface area contributed by atoms with Gasteiger partial charge in [-0.2, -0.15) is 0 Å². The zero-order valence-electron chi connectivity index (χ0n) is 10.4. The number of carbonyl (C=O) groups excluding carboxylic acids is 3. The van der Waals surface area contributed by atoms with Crippen LogP contribution >= 0.6 is 0 Å². The van der Waals surface area contributed by atoms with E-state index in [1.54, 1.807) is 24.3 Å². The minimum atomic E-state index is -1.13. The molecule has 5 nitrogen and oxygen atoms in total. The quantitative estimate of drug-likeness (QED) is 0.806. The van der Waals surface area contributed by atoms with E-state index in [0.717, 1.165) is 17.7 Å². The molecule has 0 spiro atoms. The van der Waals surface area contributed by atoms with Crippen LogP contribution in [0.4, 0.5) is 0 Å². The summed E-state index contributed by atoms with van der Waals surface area (Å²) in [5.41, 5.74) is 5.08. The normalized spacial score (nSPS) is 20.7. The van der Waals surface area contributed by atoms with Crippen LogP contribution in [0.3, 0.4) is 0 Å². The molecule has 5 heteroatoms. The molecule has 3 rings (SSSR count). The summed E-state index contributed by atoms with van der Waals surface area (Å²) in [5, 5.41) is 0. The third kappa shape index (κ3) is 1.44. The summed E-state index contributed by atoms with van der Waals surface area (Å²) in [6.07, 6.45) is 2.54. The van der Waals surface area contributed by atoms with Crippen LogP contribution in [0.15, 0.2) is 24.3 Å². The third-order valence-electron chi connectivity index (χ3n) is 4.11. The zero-order chi connectivity index (χ0) is 13.6. The van der Waals surface area contributed by atoms with Gasteiger partial charge in [0, 0.05) is 0 Å². The van der Waals surface area contributed by atoms with Crippen molar-refractivity contribution < 1.29 is 14.4 Å². The smallest absolute Gasteiger partial charge is 0.262 e. The predicted molar refractivity (Wildman–Crippen MR) is 67.3 cm³/mol. The Morgan fingerprint density at radius 1 is 1.05 bits per heavy atom. The molecule has 1 saturated carbocycles. The van der Waals surface area contributed by atoms with Crippen molar-refractivity contribution in [3.8, 4) is 0 Å². The Morgan fingerprint density at radius 2 is 1.53 bits per heavy atom. The Balaban J connectivity index is 2.11. The van der Waals surface area contributed by atoms with Crippen molar-refractivity contribution in [2.45, 2.75) is 31.2 Å². The van der Waals surface area contributed by atoms with Gasteiger partial charge in [-0.25, -0.2) is 0 Å². The molecule has 1 aromatic rings. The lowest BCUT2D eigenvalue weighted by molar-refractivity contribution is -0.127. The number of imide groups is 1. The largest absolute Gasteiger partial charge is 0.368 e. The van der Waals surface area contributed by atoms with Crippen molar-refractivity contribution in [3.05, 3.63) is 35.4 Å². The molecule has 0 atom stereocenters. The molecule has 98 valence electrons. The fourth-order valence-corrected chi connectivity index (χ4v) is 3.12. The van der Waals surface area contributed by atoms with E-state index in [9.17, 15) is 14.4 Å². The second kappa shape index (κ2) is 3.91. The third-order valence-corrected chi connectivity index (χ3v) is 4.11. The van der Waals surface area contributed by atoms with Crippen LogP contribution < -0.4 is 5.73 Å². The molecule has 0 aromatic heterocycles.